The monoisotopic (exact) mass is 816 g/mol. The molecule has 1 saturated heterocycles. The first-order valence-corrected chi connectivity index (χ1v) is 22.5. The molecule has 0 saturated carbocycles. The summed E-state index contributed by atoms with van der Waals surface area (Å²) in [6, 6.07) is 33.9. The van der Waals surface area contributed by atoms with Gasteiger partial charge in [0.1, 0.15) is 0 Å². The van der Waals surface area contributed by atoms with Gasteiger partial charge in [-0.15, -0.1) is 11.3 Å². The van der Waals surface area contributed by atoms with E-state index in [4.69, 9.17) is 4.43 Å². The second-order valence-electron chi connectivity index (χ2n) is 16.1. The first kappa shape index (κ1) is 41.1. The number of allylic oxidation sites excluding steroid dienone is 1. The molecule has 3 N–H and O–H groups in total. The molecule has 8 nitrogen and oxygen atoms in total. The van der Waals surface area contributed by atoms with Gasteiger partial charge in [-0.25, -0.2) is 4.39 Å². The van der Waals surface area contributed by atoms with Crippen molar-refractivity contribution in [2.45, 2.75) is 57.7 Å². The second-order valence-corrected chi connectivity index (χ2v) is 21.5. The van der Waals surface area contributed by atoms with Gasteiger partial charge in [-0.05, 0) is 98.7 Å². The minimum Gasteiger partial charge on any atom is -0.505 e. The number of thiophene rings is 1. The van der Waals surface area contributed by atoms with E-state index >= 15 is 0 Å². The lowest BCUT2D eigenvalue weighted by Crippen LogP contribution is -2.66. The summed E-state index contributed by atoms with van der Waals surface area (Å²) in [4.78, 5) is 35.2. The Labute approximate surface area is 344 Å². The minimum absolute atomic E-state index is 0.0848. The molecule has 0 unspecified atom stereocenters. The average molecular weight is 817 g/mol. The summed E-state index contributed by atoms with van der Waals surface area (Å²) in [6.45, 7) is 6.35. The largest absolute Gasteiger partial charge is 0.505 e. The molecule has 3 aromatic carbocycles. The van der Waals surface area contributed by atoms with Crippen LogP contribution in [-0.4, -0.2) is 64.7 Å². The number of benzene rings is 3. The highest BCUT2D eigenvalue weighted by atomic mass is 32.1. The molecule has 7 rings (SSSR count). The van der Waals surface area contributed by atoms with Crippen LogP contribution in [0.2, 0.25) is 5.04 Å². The van der Waals surface area contributed by atoms with Crippen LogP contribution in [0, 0.1) is 23.6 Å². The standard InChI is InChI=1S/C47H49FN2O6SSi/c1-47(2,3)58(35-14-6-4-7-15-35,36-16-8-5-9-17-36)56-30-33-27-37-44(46(55)50(45(37)54)28-34-13-12-24-57-34)38(29-51)43(33)42(53)22-20-32(40-18-10-11-23-49-40)25-31-19-21-41(52)39(48)26-31/h4-19,21,23-26,37-38,42,44,51-53H,20,22,27-30H2,1-3H3/b32-25-/t37-,38+,42-,44-/m1/s1. The van der Waals surface area contributed by atoms with Crippen molar-refractivity contribution in [1.29, 1.82) is 0 Å². The molecule has 2 amide bonds. The fourth-order valence-electron chi connectivity index (χ4n) is 8.92. The van der Waals surface area contributed by atoms with Crippen LogP contribution >= 0.6 is 11.3 Å². The van der Waals surface area contributed by atoms with E-state index in [9.17, 15) is 29.3 Å². The maximum absolute atomic E-state index is 14.4. The Balaban J connectivity index is 1.30. The molecule has 300 valence electrons. The number of pyridine rings is 1. The van der Waals surface area contributed by atoms with Gasteiger partial charge < -0.3 is 19.7 Å². The summed E-state index contributed by atoms with van der Waals surface area (Å²) >= 11 is 1.47. The van der Waals surface area contributed by atoms with Crippen molar-refractivity contribution in [3.63, 3.8) is 0 Å². The van der Waals surface area contributed by atoms with Crippen LogP contribution in [0.5, 0.6) is 5.75 Å². The SMILES string of the molecule is CC(C)(C)[Si](OCC1=C([C@H](O)CC/C(=C/c2ccc(O)c(F)c2)c2ccccn2)[C@H](CO)[C@@H]2C(=O)N(Cc3cccs3)C(=O)[C@@H]2C1)(c1ccccc1)c1ccccc1. The molecule has 5 aromatic rings. The molecule has 2 aliphatic rings. The molecule has 1 aliphatic heterocycles. The fourth-order valence-corrected chi connectivity index (χ4v) is 14.2. The van der Waals surface area contributed by atoms with E-state index in [-0.39, 0.29) is 42.8 Å². The molecule has 1 aliphatic carbocycles. The Morgan fingerprint density at radius 3 is 2.24 bits per heavy atom. The summed E-state index contributed by atoms with van der Waals surface area (Å²) in [5.41, 5.74) is 3.11. The lowest BCUT2D eigenvalue weighted by molar-refractivity contribution is -0.140. The Morgan fingerprint density at radius 1 is 0.966 bits per heavy atom. The number of hydrogen-bond acceptors (Lipinski definition) is 8. The number of aliphatic hydroxyl groups is 2. The van der Waals surface area contributed by atoms with Gasteiger partial charge in [-0.1, -0.05) is 99.6 Å². The normalized spacial score (nSPS) is 19.4. The number of carbonyl (C=O) groups excluding carboxylic acids is 2. The Morgan fingerprint density at radius 2 is 1.66 bits per heavy atom. The van der Waals surface area contributed by atoms with Gasteiger partial charge >= 0.3 is 0 Å². The molecular weight excluding hydrogens is 768 g/mol. The van der Waals surface area contributed by atoms with Crippen LogP contribution in [0.3, 0.4) is 0 Å². The number of aromatic nitrogens is 1. The molecule has 4 atom stereocenters. The van der Waals surface area contributed by atoms with Crippen LogP contribution in [0.25, 0.3) is 11.6 Å². The van der Waals surface area contributed by atoms with E-state index in [2.05, 4.69) is 50.0 Å². The number of phenolic OH excluding ortho intramolecular Hbond substituents is 1. The van der Waals surface area contributed by atoms with Crippen LogP contribution in [0.15, 0.2) is 132 Å². The number of nitrogens with zero attached hydrogens (tertiary/aromatic N) is 2. The molecular formula is C47H49FN2O6SSi. The van der Waals surface area contributed by atoms with Gasteiger partial charge in [0.2, 0.25) is 11.8 Å². The van der Waals surface area contributed by atoms with Gasteiger partial charge in [0.25, 0.3) is 8.32 Å². The predicted molar refractivity (Wildman–Crippen MR) is 228 cm³/mol. The van der Waals surface area contributed by atoms with Crippen molar-refractivity contribution in [2.75, 3.05) is 13.2 Å². The van der Waals surface area contributed by atoms with E-state index in [0.717, 1.165) is 20.8 Å². The second kappa shape index (κ2) is 17.4. The topological polar surface area (TPSA) is 120 Å². The highest BCUT2D eigenvalue weighted by molar-refractivity contribution is 7.09. The number of hydrogen-bond donors (Lipinski definition) is 3. The number of carbonyl (C=O) groups is 2. The van der Waals surface area contributed by atoms with Gasteiger partial charge in [0.05, 0.1) is 43.4 Å². The van der Waals surface area contributed by atoms with Crippen molar-refractivity contribution in [3.8, 4) is 5.75 Å². The number of imide groups is 1. The Hall–Kier alpha value is -5.04. The molecule has 2 aromatic heterocycles. The first-order valence-electron chi connectivity index (χ1n) is 19.7. The fraction of sp³-hybridized carbons (Fsp3) is 0.298. The van der Waals surface area contributed by atoms with Gasteiger partial charge in [0.15, 0.2) is 11.6 Å². The lowest BCUT2D eigenvalue weighted by atomic mass is 9.68. The number of fused-ring (bicyclic) bond motifs is 1. The zero-order chi connectivity index (χ0) is 41.0. The zero-order valence-corrected chi connectivity index (χ0v) is 34.7. The average Bonchev–Trinajstić information content (AvgIpc) is 3.83. The molecule has 0 radical (unpaired) electrons. The van der Waals surface area contributed by atoms with E-state index in [1.165, 1.54) is 28.4 Å². The smallest absolute Gasteiger partial charge is 0.261 e. The quantitative estimate of drug-likeness (QED) is 0.0609. The maximum Gasteiger partial charge on any atom is 0.261 e. The van der Waals surface area contributed by atoms with Crippen molar-refractivity contribution < 1.29 is 33.7 Å². The van der Waals surface area contributed by atoms with Crippen molar-refractivity contribution in [3.05, 3.63) is 154 Å². The zero-order valence-electron chi connectivity index (χ0n) is 32.9. The summed E-state index contributed by atoms with van der Waals surface area (Å²) in [5, 5.41) is 37.1. The number of halogens is 1. The first-order chi connectivity index (χ1) is 27.9. The van der Waals surface area contributed by atoms with Gasteiger partial charge in [-0.2, -0.15) is 0 Å². The minimum atomic E-state index is -3.09. The van der Waals surface area contributed by atoms with Crippen LogP contribution in [0.4, 0.5) is 4.39 Å². The van der Waals surface area contributed by atoms with E-state index in [1.54, 1.807) is 24.4 Å². The third-order valence-electron chi connectivity index (χ3n) is 11.6. The molecule has 1 fully saturated rings. The number of likely N-dealkylation sites (tertiary alicyclic amines) is 1. The summed E-state index contributed by atoms with van der Waals surface area (Å²) < 4.78 is 21.8. The Kier molecular flexibility index (Phi) is 12.4. The summed E-state index contributed by atoms with van der Waals surface area (Å²) in [5.74, 6) is -4.22. The van der Waals surface area contributed by atoms with E-state index < -0.39 is 50.3 Å². The molecule has 0 bridgehead atoms. The van der Waals surface area contributed by atoms with Crippen LogP contribution in [0.1, 0.15) is 56.2 Å². The molecule has 0 spiro atoms. The number of rotatable bonds is 14. The predicted octanol–water partition coefficient (Wildman–Crippen LogP) is 7.36. The Bertz CT molecular complexity index is 2240. The number of aliphatic hydroxyl groups excluding tert-OH is 2. The van der Waals surface area contributed by atoms with E-state index in [0.29, 0.717) is 28.8 Å². The third kappa shape index (κ3) is 8.14. The lowest BCUT2D eigenvalue weighted by Gasteiger charge is -2.44. The number of aromatic hydroxyl groups is 1. The highest BCUT2D eigenvalue weighted by Crippen LogP contribution is 2.48. The maximum atomic E-state index is 14.4. The van der Waals surface area contributed by atoms with E-state index in [1.807, 2.05) is 66.0 Å². The van der Waals surface area contributed by atoms with Crippen molar-refractivity contribution >= 4 is 53.5 Å². The molecule has 3 heterocycles. The molecule has 58 heavy (non-hydrogen) atoms. The molecule has 11 heteroatoms. The van der Waals surface area contributed by atoms with Crippen molar-refractivity contribution in [1.82, 2.24) is 9.88 Å². The van der Waals surface area contributed by atoms with Crippen LogP contribution in [-0.2, 0) is 20.6 Å². The third-order valence-corrected chi connectivity index (χ3v) is 17.4. The summed E-state index contributed by atoms with van der Waals surface area (Å²) in [7, 11) is -3.09. The van der Waals surface area contributed by atoms with Crippen LogP contribution < -0.4 is 10.4 Å². The van der Waals surface area contributed by atoms with Gasteiger partial charge in [-0.3, -0.25) is 19.5 Å². The van der Waals surface area contributed by atoms with Crippen molar-refractivity contribution in [2.24, 2.45) is 17.8 Å². The summed E-state index contributed by atoms with van der Waals surface area (Å²) in [6.07, 6.45) is 2.99. The highest BCUT2D eigenvalue weighted by Gasteiger charge is 2.56. The number of phenols is 1. The number of amides is 2. The van der Waals surface area contributed by atoms with Gasteiger partial charge in [0, 0.05) is 17.0 Å².